The second-order valence-electron chi connectivity index (χ2n) is 18.3. The average Bonchev–Trinajstić information content (AvgIpc) is 3.40. The maximum absolute atomic E-state index is 15.9. The molecular formula is C63H58Cl4O5. The molecule has 0 aromatic heterocycles. The summed E-state index contributed by atoms with van der Waals surface area (Å²) < 4.78 is 24.1. The van der Waals surface area contributed by atoms with Crippen LogP contribution < -0.4 is 9.47 Å². The molecule has 8 rings (SSSR count). The fourth-order valence-electron chi connectivity index (χ4n) is 10.4. The number of carbonyl (C=O) groups is 1. The molecule has 8 aromatic rings. The van der Waals surface area contributed by atoms with E-state index in [2.05, 4.69) is 86.6 Å². The molecule has 0 bridgehead atoms. The Labute approximate surface area is 443 Å². The third-order valence-corrected chi connectivity index (χ3v) is 15.0. The van der Waals surface area contributed by atoms with Gasteiger partial charge < -0.3 is 18.9 Å². The normalized spacial score (nSPS) is 13.9. The average molecular weight is 1040 g/mol. The van der Waals surface area contributed by atoms with Gasteiger partial charge in [0.25, 0.3) is 0 Å². The van der Waals surface area contributed by atoms with Gasteiger partial charge in [-0.15, -0.1) is 0 Å². The summed E-state index contributed by atoms with van der Waals surface area (Å²) in [5.41, 5.74) is 8.22. The predicted octanol–water partition coefficient (Wildman–Crippen LogP) is 17.7. The van der Waals surface area contributed by atoms with Crippen LogP contribution in [-0.4, -0.2) is 34.2 Å². The third-order valence-electron chi connectivity index (χ3n) is 14.1. The first-order valence-electron chi connectivity index (χ1n) is 24.0. The summed E-state index contributed by atoms with van der Waals surface area (Å²) in [6.45, 7) is 4.28. The zero-order valence-electron chi connectivity index (χ0n) is 41.4. The first-order valence-corrected chi connectivity index (χ1v) is 25.5. The summed E-state index contributed by atoms with van der Waals surface area (Å²) in [6.07, 6.45) is 1.45. The Kier molecular flexibility index (Phi) is 17.4. The van der Waals surface area contributed by atoms with Crippen molar-refractivity contribution in [3.05, 3.63) is 246 Å². The Morgan fingerprint density at radius 1 is 0.444 bits per heavy atom. The first-order chi connectivity index (χ1) is 34.9. The van der Waals surface area contributed by atoms with E-state index in [9.17, 15) is 0 Å². The van der Waals surface area contributed by atoms with E-state index in [0.717, 1.165) is 89.1 Å². The molecule has 0 saturated carbocycles. The van der Waals surface area contributed by atoms with E-state index in [-0.39, 0.29) is 42.3 Å². The maximum Gasteiger partial charge on any atom is 0.134 e. The molecule has 5 nitrogen and oxygen atoms in total. The van der Waals surface area contributed by atoms with Crippen molar-refractivity contribution in [2.24, 2.45) is 0 Å². The van der Waals surface area contributed by atoms with E-state index in [0.29, 0.717) is 32.9 Å². The second-order valence-corrected chi connectivity index (χ2v) is 20.1. The van der Waals surface area contributed by atoms with Crippen LogP contribution in [0.15, 0.2) is 193 Å². The van der Waals surface area contributed by atoms with Crippen LogP contribution in [0.2, 0.25) is 20.1 Å². The smallest absolute Gasteiger partial charge is 0.134 e. The topological polar surface area (TPSA) is 54.0 Å². The van der Waals surface area contributed by atoms with Crippen molar-refractivity contribution < 1.29 is 23.7 Å². The largest absolute Gasteiger partial charge is 0.501 e. The van der Waals surface area contributed by atoms with Crippen LogP contribution in [-0.2, 0) is 27.1 Å². The highest BCUT2D eigenvalue weighted by Gasteiger charge is 2.36. The van der Waals surface area contributed by atoms with E-state index in [1.807, 2.05) is 97.1 Å². The molecule has 368 valence electrons. The van der Waals surface area contributed by atoms with Crippen molar-refractivity contribution >= 4 is 73.7 Å². The van der Waals surface area contributed by atoms with Crippen LogP contribution in [0.4, 0.5) is 0 Å². The molecular weight excluding hydrogens is 978 g/mol. The Morgan fingerprint density at radius 2 is 0.806 bits per heavy atom. The summed E-state index contributed by atoms with van der Waals surface area (Å²) in [5, 5.41) is 6.70. The van der Waals surface area contributed by atoms with E-state index < -0.39 is 0 Å². The minimum absolute atomic E-state index is 0.0899. The number of fused-ring (bicyclic) bond motifs is 2. The highest BCUT2D eigenvalue weighted by atomic mass is 35.5. The van der Waals surface area contributed by atoms with E-state index in [4.69, 9.17) is 65.4 Å². The molecule has 0 N–H and O–H groups in total. The number of hydrogen-bond acceptors (Lipinski definition) is 5. The fraction of sp³-hybridized carbons (Fsp3) is 0.222. The van der Waals surface area contributed by atoms with Crippen molar-refractivity contribution in [1.29, 1.82) is 0 Å². The van der Waals surface area contributed by atoms with Gasteiger partial charge in [0.15, 0.2) is 0 Å². The molecule has 0 heterocycles. The number of hydrogen-bond donors (Lipinski definition) is 0. The van der Waals surface area contributed by atoms with Gasteiger partial charge in [0.2, 0.25) is 0 Å². The van der Waals surface area contributed by atoms with E-state index >= 15 is 4.79 Å². The van der Waals surface area contributed by atoms with Gasteiger partial charge in [-0.2, -0.15) is 0 Å². The molecule has 0 amide bonds. The minimum atomic E-state index is -0.356. The number of Topliss-reactive ketones (excluding diaryl/α,β-unsaturated/α-hetero) is 1. The number of ether oxygens (including phenoxy) is 4. The SMILES string of the molecule is COC(Cc1ccc(Cl)cc1)=C(C)C(c1cccc2cc(Cl)ccc12)C(CC(=O)CC(c1ccc(OC)cc1)C(C(C)=C(Cc1ccc(Cl)cc1)OC)c1cccc2cc(Cl)ccc12)c1ccc(OC)cc1. The molecule has 4 unspecified atom stereocenters. The second kappa shape index (κ2) is 24.0. The molecule has 0 spiro atoms. The number of rotatable bonds is 20. The van der Waals surface area contributed by atoms with Gasteiger partial charge in [0, 0.05) is 69.4 Å². The van der Waals surface area contributed by atoms with Gasteiger partial charge >= 0.3 is 0 Å². The number of ketones is 1. The van der Waals surface area contributed by atoms with E-state index in [1.165, 1.54) is 0 Å². The van der Waals surface area contributed by atoms with E-state index in [1.54, 1.807) is 28.4 Å². The molecule has 9 heteroatoms. The van der Waals surface area contributed by atoms with Crippen LogP contribution in [0, 0.1) is 0 Å². The Morgan fingerprint density at radius 3 is 1.15 bits per heavy atom. The maximum atomic E-state index is 15.9. The molecule has 0 aliphatic carbocycles. The number of allylic oxidation sites excluding steroid dienone is 4. The number of carbonyl (C=O) groups excluding carboxylic acids is 1. The van der Waals surface area contributed by atoms with Gasteiger partial charge in [-0.1, -0.05) is 143 Å². The number of halogens is 4. The zero-order chi connectivity index (χ0) is 50.9. The summed E-state index contributed by atoms with van der Waals surface area (Å²) in [7, 11) is 6.77. The molecule has 4 atom stereocenters. The van der Waals surface area contributed by atoms with Crippen LogP contribution in [0.5, 0.6) is 11.5 Å². The lowest BCUT2D eigenvalue weighted by Crippen LogP contribution is -2.22. The predicted molar refractivity (Wildman–Crippen MR) is 299 cm³/mol. The molecule has 0 saturated heterocycles. The van der Waals surface area contributed by atoms with Crippen molar-refractivity contribution in [2.45, 2.75) is 63.2 Å². The lowest BCUT2D eigenvalue weighted by atomic mass is 9.70. The summed E-state index contributed by atoms with van der Waals surface area (Å²) in [6, 6.07) is 56.6. The molecule has 72 heavy (non-hydrogen) atoms. The molecule has 8 aromatic carbocycles. The first kappa shape index (κ1) is 52.1. The van der Waals surface area contributed by atoms with Gasteiger partial charge in [-0.3, -0.25) is 4.79 Å². The Hall–Kier alpha value is -6.21. The van der Waals surface area contributed by atoms with Crippen molar-refractivity contribution in [2.75, 3.05) is 28.4 Å². The quantitative estimate of drug-likeness (QED) is 0.0712. The Bertz CT molecular complexity index is 3000. The highest BCUT2D eigenvalue weighted by Crippen LogP contribution is 2.49. The molecule has 0 aliphatic heterocycles. The van der Waals surface area contributed by atoms with Crippen LogP contribution in [0.3, 0.4) is 0 Å². The zero-order valence-corrected chi connectivity index (χ0v) is 44.4. The molecule has 0 aliphatic rings. The number of methoxy groups -OCH3 is 4. The van der Waals surface area contributed by atoms with Gasteiger partial charge in [-0.05, 0) is 153 Å². The van der Waals surface area contributed by atoms with Crippen LogP contribution in [0.25, 0.3) is 21.5 Å². The van der Waals surface area contributed by atoms with Gasteiger partial charge in [0.1, 0.15) is 17.3 Å². The summed E-state index contributed by atoms with van der Waals surface area (Å²) in [5.74, 6) is 1.79. The van der Waals surface area contributed by atoms with Crippen LogP contribution in [0.1, 0.15) is 83.7 Å². The molecule has 0 radical (unpaired) electrons. The fourth-order valence-corrected chi connectivity index (χ4v) is 11.0. The van der Waals surface area contributed by atoms with Crippen molar-refractivity contribution in [3.63, 3.8) is 0 Å². The monoisotopic (exact) mass is 1030 g/mol. The summed E-state index contributed by atoms with van der Waals surface area (Å²) in [4.78, 5) is 15.9. The minimum Gasteiger partial charge on any atom is -0.501 e. The number of benzene rings is 8. The third kappa shape index (κ3) is 12.2. The lowest BCUT2D eigenvalue weighted by Gasteiger charge is -2.33. The van der Waals surface area contributed by atoms with Crippen molar-refractivity contribution in [3.8, 4) is 11.5 Å². The lowest BCUT2D eigenvalue weighted by molar-refractivity contribution is -0.120. The van der Waals surface area contributed by atoms with Crippen molar-refractivity contribution in [1.82, 2.24) is 0 Å². The molecule has 0 fully saturated rings. The summed E-state index contributed by atoms with van der Waals surface area (Å²) >= 11 is 26.0. The standard InChI is InChI=1S/C63H58Cl4O5/c1-39(60(71-5)33-41-13-21-47(64)22-14-41)62(56-11-7-9-45-35-49(66)25-31-54(45)56)58(43-17-27-52(69-3)28-18-43)37-51(68)38-59(44-19-29-53(70-4)30-20-44)63(57-12-8-10-46-36-50(67)26-32-55(46)57)40(2)61(72-6)34-42-15-23-48(65)24-16-42/h7-32,35-36,58-59,62-63H,33-34,37-38H2,1-6H3. The Balaban J connectivity index is 1.32. The van der Waals surface area contributed by atoms with Gasteiger partial charge in [0.05, 0.1) is 40.0 Å². The van der Waals surface area contributed by atoms with Crippen LogP contribution >= 0.6 is 46.4 Å². The van der Waals surface area contributed by atoms with Gasteiger partial charge in [-0.25, -0.2) is 0 Å². The highest BCUT2D eigenvalue weighted by molar-refractivity contribution is 6.32.